The fourth-order valence-electron chi connectivity index (χ4n) is 1.61. The SMILES string of the molecule is CNCc1ccc(-c2cccc(C(=O)O)c2)o1.[Cl-]. The van der Waals surface area contributed by atoms with Gasteiger partial charge in [-0.2, -0.15) is 0 Å². The number of carbonyl (C=O) groups is 1. The van der Waals surface area contributed by atoms with Gasteiger partial charge in [0, 0.05) is 5.56 Å². The molecular weight excluding hydrogens is 254 g/mol. The van der Waals surface area contributed by atoms with Crippen LogP contribution in [0.25, 0.3) is 11.3 Å². The third kappa shape index (κ3) is 3.12. The Hall–Kier alpha value is -1.78. The summed E-state index contributed by atoms with van der Waals surface area (Å²) in [5, 5.41) is 11.9. The molecule has 0 amide bonds. The minimum Gasteiger partial charge on any atom is -1.00 e. The first-order chi connectivity index (χ1) is 8.20. The van der Waals surface area contributed by atoms with Crippen molar-refractivity contribution in [2.75, 3.05) is 7.05 Å². The van der Waals surface area contributed by atoms with Crippen molar-refractivity contribution in [1.29, 1.82) is 0 Å². The van der Waals surface area contributed by atoms with Crippen molar-refractivity contribution < 1.29 is 26.7 Å². The summed E-state index contributed by atoms with van der Waals surface area (Å²) < 4.78 is 5.59. The van der Waals surface area contributed by atoms with Crippen molar-refractivity contribution in [3.05, 3.63) is 47.7 Å². The van der Waals surface area contributed by atoms with Crippen LogP contribution in [0.5, 0.6) is 0 Å². The first-order valence-corrected chi connectivity index (χ1v) is 5.28. The number of nitrogens with one attached hydrogen (secondary N) is 1. The van der Waals surface area contributed by atoms with Gasteiger partial charge in [-0.05, 0) is 31.3 Å². The molecule has 96 valence electrons. The number of carboxylic acid groups (broad SMARTS) is 1. The summed E-state index contributed by atoms with van der Waals surface area (Å²) in [6.07, 6.45) is 0. The summed E-state index contributed by atoms with van der Waals surface area (Å²) in [5.74, 6) is 0.565. The van der Waals surface area contributed by atoms with Crippen LogP contribution in [0, 0.1) is 0 Å². The Morgan fingerprint density at radius 1 is 1.33 bits per heavy atom. The van der Waals surface area contributed by atoms with Crippen LogP contribution in [0.2, 0.25) is 0 Å². The summed E-state index contributed by atoms with van der Waals surface area (Å²) >= 11 is 0. The number of halogens is 1. The molecule has 4 nitrogen and oxygen atoms in total. The molecule has 0 aliphatic heterocycles. The van der Waals surface area contributed by atoms with Crippen molar-refractivity contribution >= 4 is 5.97 Å². The Morgan fingerprint density at radius 2 is 2.11 bits per heavy atom. The largest absolute Gasteiger partial charge is 1.00 e. The summed E-state index contributed by atoms with van der Waals surface area (Å²) in [5.41, 5.74) is 1.03. The van der Waals surface area contributed by atoms with E-state index in [0.717, 1.165) is 11.3 Å². The molecule has 5 heteroatoms. The van der Waals surface area contributed by atoms with Crippen molar-refractivity contribution in [3.63, 3.8) is 0 Å². The Morgan fingerprint density at radius 3 is 2.78 bits per heavy atom. The molecule has 0 atom stereocenters. The highest BCUT2D eigenvalue weighted by Gasteiger charge is 2.07. The van der Waals surface area contributed by atoms with Gasteiger partial charge < -0.3 is 27.2 Å². The number of furan rings is 1. The molecule has 1 heterocycles. The minimum atomic E-state index is -0.936. The van der Waals surface area contributed by atoms with Gasteiger partial charge >= 0.3 is 5.97 Å². The van der Waals surface area contributed by atoms with Gasteiger partial charge in [0.2, 0.25) is 0 Å². The van der Waals surface area contributed by atoms with Crippen LogP contribution in [-0.4, -0.2) is 18.1 Å². The van der Waals surface area contributed by atoms with Gasteiger partial charge in [-0.25, -0.2) is 4.79 Å². The van der Waals surface area contributed by atoms with Crippen LogP contribution < -0.4 is 17.7 Å². The van der Waals surface area contributed by atoms with E-state index in [4.69, 9.17) is 9.52 Å². The second-order valence-electron chi connectivity index (χ2n) is 3.68. The normalized spacial score (nSPS) is 9.83. The van der Waals surface area contributed by atoms with Gasteiger partial charge in [0.05, 0.1) is 12.1 Å². The van der Waals surface area contributed by atoms with Crippen LogP contribution >= 0.6 is 0 Å². The second-order valence-corrected chi connectivity index (χ2v) is 3.68. The molecule has 1 aromatic heterocycles. The maximum absolute atomic E-state index is 10.9. The van der Waals surface area contributed by atoms with E-state index in [0.29, 0.717) is 12.3 Å². The predicted molar refractivity (Wildman–Crippen MR) is 63.9 cm³/mol. The molecule has 0 radical (unpaired) electrons. The van der Waals surface area contributed by atoms with Crippen LogP contribution in [0.3, 0.4) is 0 Å². The van der Waals surface area contributed by atoms with Gasteiger partial charge in [0.15, 0.2) is 0 Å². The monoisotopic (exact) mass is 266 g/mol. The van der Waals surface area contributed by atoms with Crippen molar-refractivity contribution in [1.82, 2.24) is 5.32 Å². The molecule has 2 N–H and O–H groups in total. The molecule has 1 aromatic carbocycles. The lowest BCUT2D eigenvalue weighted by molar-refractivity contribution is -0.0000196. The zero-order chi connectivity index (χ0) is 12.3. The smallest absolute Gasteiger partial charge is 0.335 e. The van der Waals surface area contributed by atoms with E-state index >= 15 is 0 Å². The van der Waals surface area contributed by atoms with Crippen LogP contribution in [-0.2, 0) is 6.54 Å². The maximum Gasteiger partial charge on any atom is 0.335 e. The van der Waals surface area contributed by atoms with Crippen LogP contribution in [0.15, 0.2) is 40.8 Å². The first kappa shape index (κ1) is 14.3. The average molecular weight is 267 g/mol. The van der Waals surface area contributed by atoms with Crippen LogP contribution in [0.4, 0.5) is 0 Å². The van der Waals surface area contributed by atoms with Crippen molar-refractivity contribution in [2.24, 2.45) is 0 Å². The highest BCUT2D eigenvalue weighted by atomic mass is 35.5. The lowest BCUT2D eigenvalue weighted by Crippen LogP contribution is -3.00. The fourth-order valence-corrected chi connectivity index (χ4v) is 1.61. The lowest BCUT2D eigenvalue weighted by atomic mass is 10.1. The molecule has 0 saturated heterocycles. The van der Waals surface area contributed by atoms with Crippen molar-refractivity contribution in [2.45, 2.75) is 6.54 Å². The van der Waals surface area contributed by atoms with Gasteiger partial charge in [-0.3, -0.25) is 0 Å². The summed E-state index contributed by atoms with van der Waals surface area (Å²) in [4.78, 5) is 10.9. The van der Waals surface area contributed by atoms with Gasteiger partial charge in [-0.15, -0.1) is 0 Å². The van der Waals surface area contributed by atoms with Crippen LogP contribution in [0.1, 0.15) is 16.1 Å². The van der Waals surface area contributed by atoms with E-state index in [1.807, 2.05) is 25.2 Å². The van der Waals surface area contributed by atoms with E-state index in [1.54, 1.807) is 18.2 Å². The average Bonchev–Trinajstić information content (AvgIpc) is 2.78. The number of hydrogen-bond acceptors (Lipinski definition) is 3. The Bertz CT molecular complexity index is 537. The van der Waals surface area contributed by atoms with Gasteiger partial charge in [-0.1, -0.05) is 12.1 Å². The zero-order valence-corrected chi connectivity index (χ0v) is 10.6. The molecule has 2 aromatic rings. The van der Waals surface area contributed by atoms with Gasteiger partial charge in [0.1, 0.15) is 11.5 Å². The third-order valence-corrected chi connectivity index (χ3v) is 2.41. The number of aromatic carboxylic acids is 1. The highest BCUT2D eigenvalue weighted by Crippen LogP contribution is 2.23. The molecule has 0 aliphatic carbocycles. The molecule has 0 saturated carbocycles. The molecule has 0 bridgehead atoms. The topological polar surface area (TPSA) is 62.5 Å². The molecule has 0 unspecified atom stereocenters. The summed E-state index contributed by atoms with van der Waals surface area (Å²) in [7, 11) is 1.84. The third-order valence-electron chi connectivity index (χ3n) is 2.41. The zero-order valence-electron chi connectivity index (χ0n) is 9.81. The maximum atomic E-state index is 10.9. The van der Waals surface area contributed by atoms with E-state index in [9.17, 15) is 4.79 Å². The van der Waals surface area contributed by atoms with E-state index in [1.165, 1.54) is 0 Å². The van der Waals surface area contributed by atoms with Gasteiger partial charge in [0.25, 0.3) is 0 Å². The number of benzene rings is 1. The Kier molecular flexibility index (Phi) is 4.95. The Labute approximate surface area is 111 Å². The quantitative estimate of drug-likeness (QED) is 0.774. The molecule has 0 aliphatic rings. The molecule has 0 fully saturated rings. The minimum absolute atomic E-state index is 0. The number of rotatable bonds is 4. The van der Waals surface area contributed by atoms with E-state index < -0.39 is 5.97 Å². The fraction of sp³-hybridized carbons (Fsp3) is 0.154. The molecule has 0 spiro atoms. The summed E-state index contributed by atoms with van der Waals surface area (Å²) in [6.45, 7) is 0.651. The Balaban J connectivity index is 0.00000162. The number of hydrogen-bond donors (Lipinski definition) is 2. The number of carboxylic acids is 1. The highest BCUT2D eigenvalue weighted by molar-refractivity contribution is 5.89. The molecule has 18 heavy (non-hydrogen) atoms. The van der Waals surface area contributed by atoms with E-state index in [-0.39, 0.29) is 18.0 Å². The van der Waals surface area contributed by atoms with E-state index in [2.05, 4.69) is 5.32 Å². The second kappa shape index (κ2) is 6.23. The first-order valence-electron chi connectivity index (χ1n) is 5.28. The predicted octanol–water partition coefficient (Wildman–Crippen LogP) is -0.632. The lowest BCUT2D eigenvalue weighted by Gasteiger charge is -1.99. The molecular formula is C13H13ClNO3-. The van der Waals surface area contributed by atoms with Crippen molar-refractivity contribution in [3.8, 4) is 11.3 Å². The standard InChI is InChI=1S/C13H13NO3.ClH/c1-14-8-11-5-6-12(17-11)9-3-2-4-10(7-9)13(15)16;/h2-7,14H,8H2,1H3,(H,15,16);1H/p-1. The molecule has 2 rings (SSSR count). The summed E-state index contributed by atoms with van der Waals surface area (Å²) in [6, 6.07) is 10.4.